The van der Waals surface area contributed by atoms with Gasteiger partial charge in [-0.1, -0.05) is 43.0 Å². The Balaban J connectivity index is 1.32. The molecule has 4 unspecified atom stereocenters. The molecule has 5 atom stereocenters. The average molecular weight is 549 g/mol. The zero-order chi connectivity index (χ0) is 27.6. The van der Waals surface area contributed by atoms with Crippen molar-refractivity contribution in [3.05, 3.63) is 40.3 Å². The lowest BCUT2D eigenvalue weighted by Gasteiger charge is -2.55. The molecule has 2 aliphatic carbocycles. The number of oxime groups is 1. The molecule has 0 radical (unpaired) electrons. The first kappa shape index (κ1) is 27.4. The first-order chi connectivity index (χ1) is 19.6. The Bertz CT molecular complexity index is 1280. The molecule has 8 nitrogen and oxygen atoms in total. The minimum Gasteiger partial charge on any atom is -0.466 e. The maximum absolute atomic E-state index is 14.2. The first-order valence-corrected chi connectivity index (χ1v) is 15.6. The Morgan fingerprint density at radius 1 is 0.925 bits per heavy atom. The zero-order valence-electron chi connectivity index (χ0n) is 24.1. The van der Waals surface area contributed by atoms with E-state index in [0.29, 0.717) is 30.4 Å². The van der Waals surface area contributed by atoms with Crippen molar-refractivity contribution in [2.24, 2.45) is 17.0 Å². The standard InChI is InChI=1S/C32H44N4O4/c1-3-40-30(37)15-14-28(34-39-2)31-32(38)36(29-13-5-4-12-27(29)33-31)26-19-23-10-7-11-24(20-26)35(23)25-17-21-8-6-9-22(16-21)18-25/h4-5,12-13,21-26H,3,6-11,14-20H2,1-2H3/t21?,22?,23-,24?,25?,26?/m1/s1. The molecular weight excluding hydrogens is 504 g/mol. The second-order valence-corrected chi connectivity index (χ2v) is 12.5. The smallest absolute Gasteiger partial charge is 0.306 e. The molecule has 2 saturated carbocycles. The maximum Gasteiger partial charge on any atom is 0.306 e. The second-order valence-electron chi connectivity index (χ2n) is 12.5. The summed E-state index contributed by atoms with van der Waals surface area (Å²) in [6, 6.07) is 9.80. The van der Waals surface area contributed by atoms with Gasteiger partial charge in [-0.15, -0.1) is 0 Å². The van der Waals surface area contributed by atoms with Crippen LogP contribution in [0.25, 0.3) is 11.0 Å². The summed E-state index contributed by atoms with van der Waals surface area (Å²) in [6.45, 7) is 2.10. The van der Waals surface area contributed by atoms with E-state index in [0.717, 1.165) is 35.7 Å². The van der Waals surface area contributed by atoms with E-state index in [4.69, 9.17) is 14.6 Å². The maximum atomic E-state index is 14.2. The topological polar surface area (TPSA) is 86.0 Å². The van der Waals surface area contributed by atoms with E-state index in [1.165, 1.54) is 64.9 Å². The lowest BCUT2D eigenvalue weighted by Crippen LogP contribution is -2.58. The third kappa shape index (κ3) is 5.44. The first-order valence-electron chi connectivity index (χ1n) is 15.6. The molecule has 6 rings (SSSR count). The van der Waals surface area contributed by atoms with Crippen LogP contribution in [0.3, 0.4) is 0 Å². The predicted molar refractivity (Wildman–Crippen MR) is 155 cm³/mol. The fourth-order valence-electron chi connectivity index (χ4n) is 8.61. The fourth-order valence-corrected chi connectivity index (χ4v) is 8.61. The monoisotopic (exact) mass is 548 g/mol. The van der Waals surface area contributed by atoms with Gasteiger partial charge in [0.2, 0.25) is 0 Å². The Hall–Kier alpha value is -2.74. The molecule has 1 aromatic carbocycles. The summed E-state index contributed by atoms with van der Waals surface area (Å²) >= 11 is 0. The van der Waals surface area contributed by atoms with Gasteiger partial charge in [-0.3, -0.25) is 14.5 Å². The highest BCUT2D eigenvalue weighted by Crippen LogP contribution is 2.47. The highest BCUT2D eigenvalue weighted by atomic mass is 16.6. The number of ether oxygens (including phenoxy) is 1. The summed E-state index contributed by atoms with van der Waals surface area (Å²) in [6.07, 6.45) is 14.5. The molecule has 0 amide bonds. The number of aromatic nitrogens is 2. The molecule has 4 aliphatic rings. The normalized spacial score (nSPS) is 30.7. The van der Waals surface area contributed by atoms with Crippen LogP contribution in [0, 0.1) is 11.8 Å². The number of hydrogen-bond acceptors (Lipinski definition) is 7. The van der Waals surface area contributed by atoms with Gasteiger partial charge >= 0.3 is 5.97 Å². The fraction of sp³-hybridized carbons (Fsp3) is 0.688. The zero-order valence-corrected chi connectivity index (χ0v) is 24.1. The number of rotatable bonds is 8. The Kier molecular flexibility index (Phi) is 8.24. The lowest BCUT2D eigenvalue weighted by atomic mass is 9.68. The van der Waals surface area contributed by atoms with E-state index in [2.05, 4.69) is 10.1 Å². The van der Waals surface area contributed by atoms with Crippen molar-refractivity contribution in [1.82, 2.24) is 14.5 Å². The van der Waals surface area contributed by atoms with Crippen LogP contribution in [0.15, 0.2) is 34.2 Å². The molecule has 4 bridgehead atoms. The second kappa shape index (κ2) is 12.0. The third-order valence-corrected chi connectivity index (χ3v) is 10.0. The van der Waals surface area contributed by atoms with E-state index in [1.54, 1.807) is 6.92 Å². The van der Waals surface area contributed by atoms with Gasteiger partial charge in [0.15, 0.2) is 5.69 Å². The molecule has 3 heterocycles. The van der Waals surface area contributed by atoms with E-state index in [-0.39, 0.29) is 36.1 Å². The summed E-state index contributed by atoms with van der Waals surface area (Å²) < 4.78 is 7.11. The summed E-state index contributed by atoms with van der Waals surface area (Å²) in [5.74, 6) is 1.51. The summed E-state index contributed by atoms with van der Waals surface area (Å²) in [5, 5.41) is 4.16. The minimum absolute atomic E-state index is 0.114. The number of carbonyl (C=O) groups is 1. The van der Waals surface area contributed by atoms with Crippen molar-refractivity contribution >= 4 is 22.7 Å². The van der Waals surface area contributed by atoms with Crippen molar-refractivity contribution in [2.75, 3.05) is 13.7 Å². The number of esters is 1. The molecule has 2 saturated heterocycles. The van der Waals surface area contributed by atoms with Crippen LogP contribution in [-0.4, -0.2) is 58.0 Å². The van der Waals surface area contributed by atoms with Crippen LogP contribution in [0.2, 0.25) is 0 Å². The van der Waals surface area contributed by atoms with E-state index < -0.39 is 0 Å². The van der Waals surface area contributed by atoms with E-state index in [1.807, 2.05) is 28.8 Å². The van der Waals surface area contributed by atoms with Crippen LogP contribution in [0.4, 0.5) is 0 Å². The number of nitrogens with zero attached hydrogens (tertiary/aromatic N) is 4. The van der Waals surface area contributed by atoms with Crippen molar-refractivity contribution in [2.45, 2.75) is 115 Å². The summed E-state index contributed by atoms with van der Waals surface area (Å²) in [4.78, 5) is 39.1. The van der Waals surface area contributed by atoms with Crippen molar-refractivity contribution < 1.29 is 14.4 Å². The predicted octanol–water partition coefficient (Wildman–Crippen LogP) is 5.62. The molecule has 2 aromatic rings. The number of hydrogen-bond donors (Lipinski definition) is 0. The van der Waals surface area contributed by atoms with Gasteiger partial charge in [-0.2, -0.15) is 0 Å². The number of fused-ring (bicyclic) bond motifs is 5. The van der Waals surface area contributed by atoms with Gasteiger partial charge in [0.05, 0.1) is 24.1 Å². The van der Waals surface area contributed by atoms with E-state index >= 15 is 0 Å². The quantitative estimate of drug-likeness (QED) is 0.242. The molecule has 40 heavy (non-hydrogen) atoms. The van der Waals surface area contributed by atoms with Crippen molar-refractivity contribution in [3.8, 4) is 0 Å². The van der Waals surface area contributed by atoms with Gasteiger partial charge in [0.25, 0.3) is 5.56 Å². The van der Waals surface area contributed by atoms with Crippen LogP contribution in [0.1, 0.15) is 102 Å². The molecule has 0 N–H and O–H groups in total. The summed E-state index contributed by atoms with van der Waals surface area (Å²) in [5.41, 5.74) is 2.18. The van der Waals surface area contributed by atoms with Gasteiger partial charge in [0.1, 0.15) is 12.8 Å². The van der Waals surface area contributed by atoms with Crippen molar-refractivity contribution in [1.29, 1.82) is 0 Å². The third-order valence-electron chi connectivity index (χ3n) is 10.0. The number of para-hydroxylation sites is 2. The van der Waals surface area contributed by atoms with Crippen LogP contribution in [0.5, 0.6) is 0 Å². The van der Waals surface area contributed by atoms with Gasteiger partial charge in [-0.25, -0.2) is 4.98 Å². The van der Waals surface area contributed by atoms with Gasteiger partial charge in [0, 0.05) is 30.6 Å². The largest absolute Gasteiger partial charge is 0.466 e. The number of benzene rings is 1. The number of piperidine rings is 2. The molecule has 0 spiro atoms. The molecule has 216 valence electrons. The lowest BCUT2D eigenvalue weighted by molar-refractivity contribution is -0.142. The Labute approximate surface area is 237 Å². The average Bonchev–Trinajstić information content (AvgIpc) is 2.94. The highest BCUT2D eigenvalue weighted by molar-refractivity contribution is 6.00. The Morgan fingerprint density at radius 2 is 1.62 bits per heavy atom. The number of carbonyl (C=O) groups excluding carboxylic acids is 1. The van der Waals surface area contributed by atoms with E-state index in [9.17, 15) is 9.59 Å². The molecule has 1 aromatic heterocycles. The molecule has 4 fully saturated rings. The molecule has 8 heteroatoms. The van der Waals surface area contributed by atoms with Gasteiger partial charge < -0.3 is 14.1 Å². The highest BCUT2D eigenvalue weighted by Gasteiger charge is 2.45. The van der Waals surface area contributed by atoms with Crippen molar-refractivity contribution in [3.63, 3.8) is 0 Å². The van der Waals surface area contributed by atoms with Gasteiger partial charge in [-0.05, 0) is 75.8 Å². The minimum atomic E-state index is -0.320. The van der Waals surface area contributed by atoms with Crippen LogP contribution >= 0.6 is 0 Å². The summed E-state index contributed by atoms with van der Waals surface area (Å²) in [7, 11) is 1.46. The SMILES string of the molecule is CCOC(=O)CCC(=NOC)c1nc2ccccc2n(C2CC3CCC[C@H](C2)N3C2CC3CCCC(C3)C2)c1=O. The van der Waals surface area contributed by atoms with Crippen LogP contribution < -0.4 is 5.56 Å². The van der Waals surface area contributed by atoms with Crippen LogP contribution in [-0.2, 0) is 14.4 Å². The molecule has 2 aliphatic heterocycles. The Morgan fingerprint density at radius 3 is 2.33 bits per heavy atom. The molecular formula is C32H44N4O4.